The van der Waals surface area contributed by atoms with Crippen molar-refractivity contribution >= 4 is 5.78 Å². The predicted octanol–water partition coefficient (Wildman–Crippen LogP) is 2.10. The third kappa shape index (κ3) is 4.22. The molecule has 0 aromatic rings. The van der Waals surface area contributed by atoms with Gasteiger partial charge in [0, 0.05) is 31.5 Å². The highest BCUT2D eigenvalue weighted by Crippen LogP contribution is 2.18. The van der Waals surface area contributed by atoms with Crippen LogP contribution in [-0.2, 0) is 9.53 Å². The van der Waals surface area contributed by atoms with Gasteiger partial charge in [-0.1, -0.05) is 20.8 Å². The van der Waals surface area contributed by atoms with E-state index in [-0.39, 0.29) is 17.6 Å². The fourth-order valence-corrected chi connectivity index (χ4v) is 2.10. The Labute approximate surface area is 99.1 Å². The van der Waals surface area contributed by atoms with E-state index in [0.29, 0.717) is 12.2 Å². The van der Waals surface area contributed by atoms with Crippen LogP contribution in [0.3, 0.4) is 0 Å². The van der Waals surface area contributed by atoms with Crippen molar-refractivity contribution in [3.63, 3.8) is 0 Å². The second-order valence-corrected chi connectivity index (χ2v) is 5.94. The van der Waals surface area contributed by atoms with Gasteiger partial charge in [-0.25, -0.2) is 0 Å². The van der Waals surface area contributed by atoms with E-state index in [2.05, 4.69) is 18.7 Å². The van der Waals surface area contributed by atoms with Crippen LogP contribution in [-0.4, -0.2) is 42.5 Å². The molecule has 0 N–H and O–H groups in total. The first-order chi connectivity index (χ1) is 7.29. The molecule has 2 atom stereocenters. The highest BCUT2D eigenvalue weighted by molar-refractivity contribution is 5.83. The molecule has 0 radical (unpaired) electrons. The summed E-state index contributed by atoms with van der Waals surface area (Å²) >= 11 is 0. The van der Waals surface area contributed by atoms with Crippen molar-refractivity contribution in [3.8, 4) is 0 Å². The second-order valence-electron chi connectivity index (χ2n) is 5.94. The number of nitrogens with zero attached hydrogens (tertiary/aromatic N) is 1. The third-order valence-corrected chi connectivity index (χ3v) is 2.99. The largest absolute Gasteiger partial charge is 0.373 e. The first-order valence-corrected chi connectivity index (χ1v) is 6.20. The standard InChI is InChI=1S/C13H25NO2/c1-10-8-14(9-11(2)16-10)7-6-12(15)13(3,4)5/h10-11H,6-9H2,1-5H3/t10-,11+. The van der Waals surface area contributed by atoms with Gasteiger partial charge in [0.25, 0.3) is 0 Å². The topological polar surface area (TPSA) is 29.5 Å². The van der Waals surface area contributed by atoms with E-state index in [1.165, 1.54) is 0 Å². The summed E-state index contributed by atoms with van der Waals surface area (Å²) in [4.78, 5) is 14.1. The number of morpholine rings is 1. The fraction of sp³-hybridized carbons (Fsp3) is 0.923. The highest BCUT2D eigenvalue weighted by Gasteiger charge is 2.25. The molecule has 1 fully saturated rings. The molecule has 0 aliphatic carbocycles. The molecule has 0 unspecified atom stereocenters. The molecule has 1 heterocycles. The molecule has 0 bridgehead atoms. The van der Waals surface area contributed by atoms with Crippen molar-refractivity contribution in [2.45, 2.75) is 53.2 Å². The van der Waals surface area contributed by atoms with Crippen LogP contribution < -0.4 is 0 Å². The molecule has 0 aromatic carbocycles. The van der Waals surface area contributed by atoms with E-state index in [1.54, 1.807) is 0 Å². The first kappa shape index (κ1) is 13.7. The van der Waals surface area contributed by atoms with Crippen LogP contribution in [0.5, 0.6) is 0 Å². The van der Waals surface area contributed by atoms with E-state index in [9.17, 15) is 4.79 Å². The third-order valence-electron chi connectivity index (χ3n) is 2.99. The molecule has 94 valence electrons. The number of Topliss-reactive ketones (excluding diaryl/α,β-unsaturated/α-hetero) is 1. The minimum atomic E-state index is -0.205. The van der Waals surface area contributed by atoms with Crippen LogP contribution in [0.2, 0.25) is 0 Å². The van der Waals surface area contributed by atoms with Crippen LogP contribution in [0.25, 0.3) is 0 Å². The zero-order chi connectivity index (χ0) is 12.3. The summed E-state index contributed by atoms with van der Waals surface area (Å²) in [7, 11) is 0. The average molecular weight is 227 g/mol. The molecule has 3 heteroatoms. The number of carbonyl (C=O) groups excluding carboxylic acids is 1. The normalized spacial score (nSPS) is 28.1. The molecular formula is C13H25NO2. The zero-order valence-electron chi connectivity index (χ0n) is 11.2. The van der Waals surface area contributed by atoms with Crippen LogP contribution in [0.4, 0.5) is 0 Å². The molecule has 0 amide bonds. The minimum Gasteiger partial charge on any atom is -0.373 e. The lowest BCUT2D eigenvalue weighted by molar-refractivity contribution is -0.127. The van der Waals surface area contributed by atoms with Gasteiger partial charge in [0.05, 0.1) is 12.2 Å². The van der Waals surface area contributed by atoms with Crippen molar-refractivity contribution < 1.29 is 9.53 Å². The van der Waals surface area contributed by atoms with Gasteiger partial charge >= 0.3 is 0 Å². The van der Waals surface area contributed by atoms with Crippen molar-refractivity contribution in [2.75, 3.05) is 19.6 Å². The van der Waals surface area contributed by atoms with Crippen molar-refractivity contribution in [3.05, 3.63) is 0 Å². The summed E-state index contributed by atoms with van der Waals surface area (Å²) in [6, 6.07) is 0. The average Bonchev–Trinajstić information content (AvgIpc) is 2.11. The van der Waals surface area contributed by atoms with Crippen LogP contribution in [0.1, 0.15) is 41.0 Å². The lowest BCUT2D eigenvalue weighted by Gasteiger charge is -2.35. The van der Waals surface area contributed by atoms with E-state index < -0.39 is 0 Å². The SMILES string of the molecule is C[C@@H]1CN(CCC(=O)C(C)(C)C)C[C@H](C)O1. The minimum absolute atomic E-state index is 0.205. The molecule has 16 heavy (non-hydrogen) atoms. The number of ether oxygens (including phenoxy) is 1. The van der Waals surface area contributed by atoms with Crippen molar-refractivity contribution in [1.82, 2.24) is 4.90 Å². The van der Waals surface area contributed by atoms with Crippen molar-refractivity contribution in [2.24, 2.45) is 5.41 Å². The second kappa shape index (κ2) is 5.28. The van der Waals surface area contributed by atoms with E-state index in [0.717, 1.165) is 19.6 Å². The lowest BCUT2D eigenvalue weighted by atomic mass is 9.89. The van der Waals surface area contributed by atoms with Crippen LogP contribution >= 0.6 is 0 Å². The van der Waals surface area contributed by atoms with Crippen molar-refractivity contribution in [1.29, 1.82) is 0 Å². The zero-order valence-corrected chi connectivity index (χ0v) is 11.2. The summed E-state index contributed by atoms with van der Waals surface area (Å²) in [5.41, 5.74) is -0.205. The number of ketones is 1. The van der Waals surface area contributed by atoms with Gasteiger partial charge < -0.3 is 4.74 Å². The van der Waals surface area contributed by atoms with Gasteiger partial charge in [0.15, 0.2) is 0 Å². The molecule has 0 saturated carbocycles. The smallest absolute Gasteiger partial charge is 0.139 e. The monoisotopic (exact) mass is 227 g/mol. The van der Waals surface area contributed by atoms with Gasteiger partial charge in [-0.05, 0) is 13.8 Å². The predicted molar refractivity (Wildman–Crippen MR) is 65.5 cm³/mol. The lowest BCUT2D eigenvalue weighted by Crippen LogP contribution is -2.46. The Morgan fingerprint density at radius 3 is 2.19 bits per heavy atom. The summed E-state index contributed by atoms with van der Waals surface area (Å²) in [6.07, 6.45) is 1.23. The summed E-state index contributed by atoms with van der Waals surface area (Å²) in [5, 5.41) is 0. The number of hydrogen-bond acceptors (Lipinski definition) is 3. The maximum absolute atomic E-state index is 11.8. The summed E-state index contributed by atoms with van der Waals surface area (Å²) in [5.74, 6) is 0.347. The maximum atomic E-state index is 11.8. The Hall–Kier alpha value is -0.410. The molecule has 3 nitrogen and oxygen atoms in total. The first-order valence-electron chi connectivity index (χ1n) is 6.20. The highest BCUT2D eigenvalue weighted by atomic mass is 16.5. The van der Waals surface area contributed by atoms with Gasteiger partial charge in [0.2, 0.25) is 0 Å². The molecule has 1 saturated heterocycles. The fourth-order valence-electron chi connectivity index (χ4n) is 2.10. The number of hydrogen-bond donors (Lipinski definition) is 0. The van der Waals surface area contributed by atoms with Gasteiger partial charge in [-0.3, -0.25) is 9.69 Å². The van der Waals surface area contributed by atoms with Crippen LogP contribution in [0.15, 0.2) is 0 Å². The van der Waals surface area contributed by atoms with Gasteiger partial charge in [-0.2, -0.15) is 0 Å². The Bertz CT molecular complexity index is 235. The molecular weight excluding hydrogens is 202 g/mol. The number of carbonyl (C=O) groups is 1. The molecule has 0 aromatic heterocycles. The quantitative estimate of drug-likeness (QED) is 0.739. The maximum Gasteiger partial charge on any atom is 0.139 e. The van der Waals surface area contributed by atoms with Gasteiger partial charge in [-0.15, -0.1) is 0 Å². The molecule has 0 spiro atoms. The molecule has 1 aliphatic heterocycles. The summed E-state index contributed by atoms with van der Waals surface area (Å²) in [6.45, 7) is 12.9. The number of rotatable bonds is 3. The van der Waals surface area contributed by atoms with E-state index in [4.69, 9.17) is 4.74 Å². The van der Waals surface area contributed by atoms with E-state index >= 15 is 0 Å². The Kier molecular flexibility index (Phi) is 4.51. The Morgan fingerprint density at radius 1 is 1.25 bits per heavy atom. The summed E-state index contributed by atoms with van der Waals surface area (Å²) < 4.78 is 5.66. The molecule has 1 rings (SSSR count). The van der Waals surface area contributed by atoms with E-state index in [1.807, 2.05) is 20.8 Å². The Balaban J connectivity index is 2.35. The molecule has 1 aliphatic rings. The Morgan fingerprint density at radius 2 is 1.75 bits per heavy atom. The van der Waals surface area contributed by atoms with Gasteiger partial charge in [0.1, 0.15) is 5.78 Å². The van der Waals surface area contributed by atoms with Crippen LogP contribution in [0, 0.1) is 5.41 Å².